The van der Waals surface area contributed by atoms with E-state index in [4.69, 9.17) is 9.47 Å². The molecule has 2 fully saturated rings. The van der Waals surface area contributed by atoms with Crippen molar-refractivity contribution >= 4 is 45.8 Å². The molecule has 4 amide bonds. The summed E-state index contributed by atoms with van der Waals surface area (Å²) >= 11 is 2.13. The molecular formula is C36H56N4O6S2. The highest BCUT2D eigenvalue weighted by Crippen LogP contribution is 2.38. The molecule has 10 nitrogen and oxygen atoms in total. The van der Waals surface area contributed by atoms with Gasteiger partial charge in [0, 0.05) is 5.92 Å². The number of carbonyl (C=O) groups excluding carboxylic acids is 4. The molecule has 2 N–H and O–H groups in total. The third-order valence-corrected chi connectivity index (χ3v) is 10.5. The van der Waals surface area contributed by atoms with E-state index in [1.165, 1.54) is 12.0 Å². The van der Waals surface area contributed by atoms with Crippen molar-refractivity contribution in [3.63, 3.8) is 0 Å². The summed E-state index contributed by atoms with van der Waals surface area (Å²) in [5, 5.41) is 4.08. The second-order valence-electron chi connectivity index (χ2n) is 12.6. The molecule has 5 rings (SSSR count). The molecule has 12 heteroatoms. The van der Waals surface area contributed by atoms with Gasteiger partial charge in [0.1, 0.15) is 15.2 Å². The van der Waals surface area contributed by atoms with E-state index in [-0.39, 0.29) is 34.1 Å². The Balaban J connectivity index is 0.000000317. The van der Waals surface area contributed by atoms with E-state index < -0.39 is 9.49 Å². The molecule has 0 bridgehead atoms. The number of hydrogen-bond donors (Lipinski definition) is 2. The van der Waals surface area contributed by atoms with Crippen LogP contribution in [0.3, 0.4) is 0 Å². The third-order valence-electron chi connectivity index (χ3n) is 7.82. The molecule has 3 unspecified atom stereocenters. The summed E-state index contributed by atoms with van der Waals surface area (Å²) in [5.41, 5.74) is 1.36. The van der Waals surface area contributed by atoms with E-state index in [9.17, 15) is 19.2 Å². The fourth-order valence-electron chi connectivity index (χ4n) is 3.92. The number of thioether (sulfide) groups is 2. The van der Waals surface area contributed by atoms with Gasteiger partial charge in [-0.2, -0.15) is 0 Å². The van der Waals surface area contributed by atoms with E-state index in [0.29, 0.717) is 13.3 Å². The van der Waals surface area contributed by atoms with Gasteiger partial charge in [-0.3, -0.25) is 34.7 Å². The summed E-state index contributed by atoms with van der Waals surface area (Å²) in [5.74, 6) is 0.863. The molecule has 2 saturated heterocycles. The fourth-order valence-corrected chi connectivity index (χ4v) is 5.77. The van der Waals surface area contributed by atoms with E-state index in [1.54, 1.807) is 13.8 Å². The summed E-state index contributed by atoms with van der Waals surface area (Å²) in [6.07, 6.45) is 2.34. The molecule has 3 aliphatic rings. The molecule has 0 aromatic heterocycles. The molecule has 0 radical (unpaired) electrons. The molecular weight excluding hydrogens is 649 g/mol. The zero-order valence-electron chi connectivity index (χ0n) is 30.3. The summed E-state index contributed by atoms with van der Waals surface area (Å²) in [6.45, 7) is 14.5. The Morgan fingerprint density at radius 2 is 1.27 bits per heavy atom. The minimum atomic E-state index is -0.705. The van der Waals surface area contributed by atoms with Gasteiger partial charge in [-0.05, 0) is 102 Å². The summed E-state index contributed by atoms with van der Waals surface area (Å²) in [6, 6.07) is 20.3. The van der Waals surface area contributed by atoms with Gasteiger partial charge in [-0.1, -0.05) is 82.3 Å². The quantitative estimate of drug-likeness (QED) is 0.308. The highest BCUT2D eigenvalue weighted by Gasteiger charge is 2.48. The number of amides is 4. The number of benzene rings is 2. The number of imide groups is 2. The predicted octanol–water partition coefficient (Wildman–Crippen LogP) is 6.55. The van der Waals surface area contributed by atoms with Crippen LogP contribution in [0.4, 0.5) is 9.59 Å². The maximum atomic E-state index is 11.6. The van der Waals surface area contributed by atoms with E-state index in [2.05, 4.69) is 48.7 Å². The van der Waals surface area contributed by atoms with Crippen molar-refractivity contribution in [1.29, 1.82) is 0 Å². The highest BCUT2D eigenvalue weighted by atomic mass is 32.2. The van der Waals surface area contributed by atoms with Gasteiger partial charge >= 0.3 is 0 Å². The Hall–Kier alpha value is -2.90. The lowest BCUT2D eigenvalue weighted by molar-refractivity contribution is -0.123. The molecule has 0 saturated carbocycles. The minimum Gasteiger partial charge on any atom is -0.493 e. The average Bonchev–Trinajstić information content (AvgIpc) is 3.49. The first-order valence-corrected chi connectivity index (χ1v) is 17.9. The fraction of sp³-hybridized carbons (Fsp3) is 0.556. The van der Waals surface area contributed by atoms with Gasteiger partial charge in [0.25, 0.3) is 10.5 Å². The van der Waals surface area contributed by atoms with Crippen molar-refractivity contribution in [2.75, 3.05) is 54.7 Å². The van der Waals surface area contributed by atoms with Gasteiger partial charge in [0.05, 0.1) is 19.9 Å². The standard InChI is InChI=1S/C10H18N2O3S.C9H10O.C7H11NO2S.C6H6.C4H11N/c1-7(5-15-6-12(3)4)10(2)8(13)11-9(14)16-10;1-2-6-9-8(4-1)5-3-7-10-9;1-4(2)7(3)5(9)8-6(10)11-7;1-2-4-6-5-3-1;1-4-5(2)3/h7H,5-6H2,1-4H3,(H,11,13,14);1-2,4,6H,3,5,7H2;4H,1-3H3,(H,8,9,10);1-6H;4H2,1-3H3. The zero-order valence-corrected chi connectivity index (χ0v) is 32.0. The highest BCUT2D eigenvalue weighted by molar-refractivity contribution is 8.16. The van der Waals surface area contributed by atoms with E-state index >= 15 is 0 Å². The number of rotatable bonds is 7. The van der Waals surface area contributed by atoms with Gasteiger partial charge in [-0.25, -0.2) is 0 Å². The average molecular weight is 705 g/mol. The topological polar surface area (TPSA) is 117 Å². The molecule has 48 heavy (non-hydrogen) atoms. The maximum absolute atomic E-state index is 11.6. The number of nitrogens with one attached hydrogen (secondary N) is 2. The third kappa shape index (κ3) is 15.1. The molecule has 2 aromatic rings. The van der Waals surface area contributed by atoms with Crippen LogP contribution in [-0.4, -0.2) is 96.3 Å². The number of nitrogens with zero attached hydrogens (tertiary/aromatic N) is 2. The first-order valence-electron chi connectivity index (χ1n) is 16.2. The molecule has 268 valence electrons. The van der Waals surface area contributed by atoms with Gasteiger partial charge in [-0.15, -0.1) is 0 Å². The largest absolute Gasteiger partial charge is 0.493 e. The van der Waals surface area contributed by atoms with Crippen molar-refractivity contribution in [2.24, 2.45) is 11.8 Å². The lowest BCUT2D eigenvalue weighted by Crippen LogP contribution is -2.41. The number of hydrogen-bond acceptors (Lipinski definition) is 10. The minimum absolute atomic E-state index is 0.0103. The Kier molecular flexibility index (Phi) is 19.7. The van der Waals surface area contributed by atoms with Crippen LogP contribution in [0, 0.1) is 11.8 Å². The summed E-state index contributed by atoms with van der Waals surface area (Å²) in [7, 11) is 7.93. The van der Waals surface area contributed by atoms with Crippen LogP contribution in [0.5, 0.6) is 5.75 Å². The lowest BCUT2D eigenvalue weighted by atomic mass is 9.95. The first kappa shape index (κ1) is 43.1. The molecule has 0 aliphatic carbocycles. The van der Waals surface area contributed by atoms with Crippen LogP contribution in [0.2, 0.25) is 0 Å². The van der Waals surface area contributed by atoms with Crippen molar-refractivity contribution in [3.8, 4) is 5.75 Å². The monoisotopic (exact) mass is 704 g/mol. The second-order valence-corrected chi connectivity index (χ2v) is 15.5. The van der Waals surface area contributed by atoms with Crippen LogP contribution in [-0.2, 0) is 20.7 Å². The molecule has 3 atom stereocenters. The van der Waals surface area contributed by atoms with Crippen LogP contribution in [0.1, 0.15) is 53.5 Å². The first-order chi connectivity index (χ1) is 22.6. The number of carbonyl (C=O) groups is 4. The number of ether oxygens (including phenoxy) is 2. The normalized spacial score (nSPS) is 21.5. The van der Waals surface area contributed by atoms with Crippen molar-refractivity contribution < 1.29 is 28.7 Å². The lowest BCUT2D eigenvalue weighted by Gasteiger charge is -2.26. The van der Waals surface area contributed by atoms with Gasteiger partial charge in [0.15, 0.2) is 0 Å². The van der Waals surface area contributed by atoms with Crippen LogP contribution < -0.4 is 15.4 Å². The van der Waals surface area contributed by atoms with Crippen molar-refractivity contribution in [3.05, 3.63) is 66.2 Å². The number of para-hydroxylation sites is 1. The molecule has 2 aromatic carbocycles. The molecule has 3 heterocycles. The zero-order chi connectivity index (χ0) is 36.3. The second kappa shape index (κ2) is 21.9. The number of aryl methyl sites for hydroxylation is 1. The Labute approximate surface area is 296 Å². The summed E-state index contributed by atoms with van der Waals surface area (Å²) in [4.78, 5) is 48.8. The Morgan fingerprint density at radius 1 is 0.792 bits per heavy atom. The van der Waals surface area contributed by atoms with Crippen LogP contribution >= 0.6 is 23.5 Å². The molecule has 3 aliphatic heterocycles. The van der Waals surface area contributed by atoms with E-state index in [0.717, 1.165) is 48.8 Å². The van der Waals surface area contributed by atoms with Crippen molar-refractivity contribution in [2.45, 2.75) is 63.9 Å². The Bertz CT molecular complexity index is 1230. The predicted molar refractivity (Wildman–Crippen MR) is 199 cm³/mol. The Morgan fingerprint density at radius 3 is 1.65 bits per heavy atom. The smallest absolute Gasteiger partial charge is 0.286 e. The molecule has 0 spiro atoms. The van der Waals surface area contributed by atoms with Gasteiger partial charge in [0.2, 0.25) is 11.8 Å². The van der Waals surface area contributed by atoms with Crippen LogP contribution in [0.25, 0.3) is 0 Å². The summed E-state index contributed by atoms with van der Waals surface area (Å²) < 4.78 is 9.60. The van der Waals surface area contributed by atoms with E-state index in [1.807, 2.05) is 88.3 Å². The van der Waals surface area contributed by atoms with Crippen LogP contribution in [0.15, 0.2) is 60.7 Å². The number of fused-ring (bicyclic) bond motifs is 1. The maximum Gasteiger partial charge on any atom is 0.286 e. The van der Waals surface area contributed by atoms with Crippen molar-refractivity contribution in [1.82, 2.24) is 20.4 Å². The SMILES string of the molecule is CC(C)C1(C)SC(=O)NC1=O.CC(COCN(C)C)C1(C)SC(=O)NC1=O.CCN(C)C.c1ccc2c(c1)CCCO2.c1ccccc1. The van der Waals surface area contributed by atoms with Gasteiger partial charge < -0.3 is 14.4 Å².